The normalized spacial score (nSPS) is 11.5. The number of ether oxygens (including phenoxy) is 1. The van der Waals surface area contributed by atoms with Crippen molar-refractivity contribution in [3.8, 4) is 11.3 Å². The van der Waals surface area contributed by atoms with Crippen LogP contribution >= 0.6 is 11.3 Å². The highest BCUT2D eigenvalue weighted by Gasteiger charge is 2.05. The minimum Gasteiger partial charge on any atom is -0.380 e. The summed E-state index contributed by atoms with van der Waals surface area (Å²) in [7, 11) is 1.76. The van der Waals surface area contributed by atoms with Crippen LogP contribution in [0.5, 0.6) is 0 Å². The van der Waals surface area contributed by atoms with E-state index in [9.17, 15) is 0 Å². The molecule has 5 nitrogen and oxygen atoms in total. The van der Waals surface area contributed by atoms with Crippen LogP contribution in [-0.2, 0) is 11.3 Å². The zero-order chi connectivity index (χ0) is 15.6. The summed E-state index contributed by atoms with van der Waals surface area (Å²) in [5.74, 6) is 0.760. The molecule has 2 rings (SSSR count). The second-order valence-electron chi connectivity index (χ2n) is 4.54. The Morgan fingerprint density at radius 2 is 2.09 bits per heavy atom. The predicted octanol–water partition coefficient (Wildman–Crippen LogP) is 2.51. The Labute approximate surface area is 135 Å². The lowest BCUT2D eigenvalue weighted by atomic mass is 10.2. The third-order valence-corrected chi connectivity index (χ3v) is 3.84. The van der Waals surface area contributed by atoms with Crippen molar-refractivity contribution in [3.63, 3.8) is 0 Å². The van der Waals surface area contributed by atoms with E-state index in [-0.39, 0.29) is 0 Å². The van der Waals surface area contributed by atoms with Crippen molar-refractivity contribution in [1.82, 2.24) is 15.6 Å². The smallest absolute Gasteiger partial charge is 0.191 e. The molecule has 0 unspecified atom stereocenters. The number of hydrogen-bond acceptors (Lipinski definition) is 4. The molecular weight excluding hydrogens is 296 g/mol. The highest BCUT2D eigenvalue weighted by atomic mass is 32.1. The molecule has 0 aliphatic heterocycles. The van der Waals surface area contributed by atoms with Crippen molar-refractivity contribution in [2.24, 2.45) is 4.99 Å². The molecule has 0 bridgehead atoms. The summed E-state index contributed by atoms with van der Waals surface area (Å²) in [6.45, 7) is 4.79. The largest absolute Gasteiger partial charge is 0.380 e. The van der Waals surface area contributed by atoms with Gasteiger partial charge in [0.1, 0.15) is 5.01 Å². The summed E-state index contributed by atoms with van der Waals surface area (Å²) in [4.78, 5) is 8.83. The first kappa shape index (κ1) is 16.5. The van der Waals surface area contributed by atoms with Crippen LogP contribution < -0.4 is 10.6 Å². The molecule has 0 amide bonds. The van der Waals surface area contributed by atoms with Gasteiger partial charge < -0.3 is 15.4 Å². The van der Waals surface area contributed by atoms with E-state index in [1.807, 2.05) is 25.1 Å². The molecule has 0 spiro atoms. The Balaban J connectivity index is 1.82. The molecule has 1 aromatic carbocycles. The van der Waals surface area contributed by atoms with E-state index in [1.165, 1.54) is 0 Å². The SMILES string of the molecule is CCOCCNC(=NC)NCc1nc(-c2ccccc2)cs1. The van der Waals surface area contributed by atoms with E-state index in [4.69, 9.17) is 4.74 Å². The molecular formula is C16H22N4OS. The summed E-state index contributed by atoms with van der Waals surface area (Å²) in [6.07, 6.45) is 0. The molecule has 2 aromatic rings. The number of thiazole rings is 1. The number of guanidine groups is 1. The van der Waals surface area contributed by atoms with Gasteiger partial charge in [0.15, 0.2) is 5.96 Å². The van der Waals surface area contributed by atoms with Crippen molar-refractivity contribution in [2.75, 3.05) is 26.8 Å². The van der Waals surface area contributed by atoms with Gasteiger partial charge in [-0.25, -0.2) is 4.98 Å². The number of hydrogen-bond donors (Lipinski definition) is 2. The van der Waals surface area contributed by atoms with Crippen LogP contribution in [0, 0.1) is 0 Å². The fourth-order valence-corrected chi connectivity index (χ4v) is 2.64. The summed E-state index contributed by atoms with van der Waals surface area (Å²) in [5.41, 5.74) is 2.16. The molecule has 22 heavy (non-hydrogen) atoms. The van der Waals surface area contributed by atoms with Crippen LogP contribution in [-0.4, -0.2) is 37.7 Å². The van der Waals surface area contributed by atoms with Gasteiger partial charge in [-0.15, -0.1) is 11.3 Å². The van der Waals surface area contributed by atoms with Gasteiger partial charge in [0, 0.05) is 31.1 Å². The van der Waals surface area contributed by atoms with Gasteiger partial charge in [0.2, 0.25) is 0 Å². The van der Waals surface area contributed by atoms with Crippen LogP contribution in [0.1, 0.15) is 11.9 Å². The van der Waals surface area contributed by atoms with Gasteiger partial charge in [0.05, 0.1) is 18.8 Å². The maximum absolute atomic E-state index is 5.29. The van der Waals surface area contributed by atoms with Crippen LogP contribution in [0.2, 0.25) is 0 Å². The molecule has 0 atom stereocenters. The lowest BCUT2D eigenvalue weighted by Crippen LogP contribution is -2.38. The van der Waals surface area contributed by atoms with Gasteiger partial charge in [-0.1, -0.05) is 30.3 Å². The van der Waals surface area contributed by atoms with E-state index in [2.05, 4.69) is 38.1 Å². The lowest BCUT2D eigenvalue weighted by Gasteiger charge is -2.10. The summed E-state index contributed by atoms with van der Waals surface area (Å²) in [5, 5.41) is 9.58. The molecule has 0 fully saturated rings. The van der Waals surface area contributed by atoms with Crippen LogP contribution in [0.4, 0.5) is 0 Å². The second-order valence-corrected chi connectivity index (χ2v) is 5.48. The molecule has 0 radical (unpaired) electrons. The average Bonchev–Trinajstić information content (AvgIpc) is 3.04. The number of aliphatic imine (C=N–C) groups is 1. The van der Waals surface area contributed by atoms with E-state index in [0.717, 1.165) is 35.4 Å². The number of benzene rings is 1. The maximum Gasteiger partial charge on any atom is 0.191 e. The van der Waals surface area contributed by atoms with Crippen LogP contribution in [0.15, 0.2) is 40.7 Å². The molecule has 2 N–H and O–H groups in total. The van der Waals surface area contributed by atoms with Crippen molar-refractivity contribution < 1.29 is 4.74 Å². The average molecular weight is 318 g/mol. The van der Waals surface area contributed by atoms with Crippen molar-refractivity contribution in [1.29, 1.82) is 0 Å². The molecule has 0 aliphatic rings. The summed E-state index contributed by atoms with van der Waals surface area (Å²) >= 11 is 1.65. The standard InChI is InChI=1S/C16H22N4OS/c1-3-21-10-9-18-16(17-2)19-11-15-20-14(12-22-15)13-7-5-4-6-8-13/h4-8,12H,3,9-11H2,1-2H3,(H2,17,18,19). The van der Waals surface area contributed by atoms with Crippen LogP contribution in [0.25, 0.3) is 11.3 Å². The van der Waals surface area contributed by atoms with Gasteiger partial charge in [-0.2, -0.15) is 0 Å². The molecule has 1 heterocycles. The van der Waals surface area contributed by atoms with Crippen molar-refractivity contribution in [3.05, 3.63) is 40.7 Å². The monoisotopic (exact) mass is 318 g/mol. The number of aromatic nitrogens is 1. The Kier molecular flexibility index (Phi) is 6.86. The molecule has 0 saturated heterocycles. The number of rotatable bonds is 7. The van der Waals surface area contributed by atoms with E-state index >= 15 is 0 Å². The second kappa shape index (κ2) is 9.17. The first-order valence-electron chi connectivity index (χ1n) is 7.35. The Bertz CT molecular complexity index is 583. The van der Waals surface area contributed by atoms with Crippen molar-refractivity contribution in [2.45, 2.75) is 13.5 Å². The predicted molar refractivity (Wildman–Crippen MR) is 92.2 cm³/mol. The highest BCUT2D eigenvalue weighted by molar-refractivity contribution is 7.09. The fraction of sp³-hybridized carbons (Fsp3) is 0.375. The molecule has 0 aliphatic carbocycles. The highest BCUT2D eigenvalue weighted by Crippen LogP contribution is 2.21. The quantitative estimate of drug-likeness (QED) is 0.468. The topological polar surface area (TPSA) is 58.5 Å². The van der Waals surface area contributed by atoms with E-state index in [1.54, 1.807) is 18.4 Å². The summed E-state index contributed by atoms with van der Waals surface area (Å²) in [6, 6.07) is 10.2. The maximum atomic E-state index is 5.29. The fourth-order valence-electron chi connectivity index (χ4n) is 1.90. The first-order chi connectivity index (χ1) is 10.8. The Hall–Kier alpha value is -1.92. The molecule has 6 heteroatoms. The zero-order valence-corrected chi connectivity index (χ0v) is 13.8. The van der Waals surface area contributed by atoms with Gasteiger partial charge in [0.25, 0.3) is 0 Å². The molecule has 0 saturated carbocycles. The third kappa shape index (κ3) is 5.13. The van der Waals surface area contributed by atoms with Gasteiger partial charge in [-0.3, -0.25) is 4.99 Å². The third-order valence-electron chi connectivity index (χ3n) is 2.99. The lowest BCUT2D eigenvalue weighted by molar-refractivity contribution is 0.152. The van der Waals surface area contributed by atoms with Gasteiger partial charge in [-0.05, 0) is 6.92 Å². The van der Waals surface area contributed by atoms with E-state index in [0.29, 0.717) is 13.2 Å². The molecule has 118 valence electrons. The molecule has 1 aromatic heterocycles. The summed E-state index contributed by atoms with van der Waals surface area (Å²) < 4.78 is 5.29. The Morgan fingerprint density at radius 1 is 1.27 bits per heavy atom. The van der Waals surface area contributed by atoms with Gasteiger partial charge >= 0.3 is 0 Å². The zero-order valence-electron chi connectivity index (χ0n) is 13.0. The minimum atomic E-state index is 0.659. The minimum absolute atomic E-state index is 0.659. The van der Waals surface area contributed by atoms with Crippen molar-refractivity contribution >= 4 is 17.3 Å². The van der Waals surface area contributed by atoms with Crippen LogP contribution in [0.3, 0.4) is 0 Å². The Morgan fingerprint density at radius 3 is 2.82 bits per heavy atom. The number of nitrogens with one attached hydrogen (secondary N) is 2. The van der Waals surface area contributed by atoms with E-state index < -0.39 is 0 Å². The first-order valence-corrected chi connectivity index (χ1v) is 8.23. The number of nitrogens with zero attached hydrogens (tertiary/aromatic N) is 2.